The number of esters is 2. The molecular formula is C26H28F3N5O5S. The fourth-order valence-corrected chi connectivity index (χ4v) is 4.53. The highest BCUT2D eigenvalue weighted by molar-refractivity contribution is 7.80. The first-order valence-electron chi connectivity index (χ1n) is 12.2. The van der Waals surface area contributed by atoms with Gasteiger partial charge in [0.25, 0.3) is 11.8 Å². The number of para-hydroxylation sites is 1. The quantitative estimate of drug-likeness (QED) is 0.0891. The van der Waals surface area contributed by atoms with Gasteiger partial charge in [0, 0.05) is 11.7 Å². The number of guanidine groups is 1. The highest BCUT2D eigenvalue weighted by Crippen LogP contribution is 2.34. The lowest BCUT2D eigenvalue weighted by Crippen LogP contribution is -2.44. The maximum Gasteiger partial charge on any atom is 0.491 e. The maximum atomic E-state index is 13.7. The van der Waals surface area contributed by atoms with E-state index in [0.29, 0.717) is 30.6 Å². The first-order chi connectivity index (χ1) is 18.8. The number of aryl methyl sites for hydroxylation is 1. The van der Waals surface area contributed by atoms with Gasteiger partial charge < -0.3 is 20.7 Å². The van der Waals surface area contributed by atoms with Crippen LogP contribution in [-0.4, -0.2) is 58.7 Å². The number of benzene rings is 2. The first-order valence-corrected chi connectivity index (χ1v) is 12.7. The molecule has 214 valence electrons. The number of nitrogens with one attached hydrogen (secondary N) is 2. The molecule has 0 fully saturated rings. The number of halogens is 3. The molecule has 0 radical (unpaired) electrons. The molecule has 2 amide bonds. The SMILES string of the molecule is CC(CC(=O)OC(=O)C(F)(F)F)N1CC(=O)N(c2ccccc2)c2ccc(CCCC(S)NC(=N)N)cc2C1=O. The number of carbonyl (C=O) groups excluding carboxylic acids is 4. The molecule has 1 heterocycles. The summed E-state index contributed by atoms with van der Waals surface area (Å²) in [6.07, 6.45) is -4.38. The Morgan fingerprint density at radius 3 is 2.48 bits per heavy atom. The average molecular weight is 580 g/mol. The van der Waals surface area contributed by atoms with E-state index in [-0.39, 0.29) is 16.9 Å². The smallest absolute Gasteiger partial charge is 0.386 e. The van der Waals surface area contributed by atoms with Crippen molar-refractivity contribution in [1.82, 2.24) is 10.2 Å². The highest BCUT2D eigenvalue weighted by atomic mass is 32.1. The summed E-state index contributed by atoms with van der Waals surface area (Å²) in [4.78, 5) is 52.7. The van der Waals surface area contributed by atoms with Gasteiger partial charge in [-0.25, -0.2) is 4.79 Å². The van der Waals surface area contributed by atoms with E-state index in [2.05, 4.69) is 22.7 Å². The molecular weight excluding hydrogens is 551 g/mol. The molecule has 0 saturated carbocycles. The summed E-state index contributed by atoms with van der Waals surface area (Å²) in [7, 11) is 0. The summed E-state index contributed by atoms with van der Waals surface area (Å²) >= 11 is 4.33. The van der Waals surface area contributed by atoms with Gasteiger partial charge in [-0.15, -0.1) is 0 Å². The van der Waals surface area contributed by atoms with Crippen molar-refractivity contribution >= 4 is 53.7 Å². The summed E-state index contributed by atoms with van der Waals surface area (Å²) in [6, 6.07) is 12.6. The molecule has 2 aromatic rings. The molecule has 0 bridgehead atoms. The fraction of sp³-hybridized carbons (Fsp3) is 0.346. The van der Waals surface area contributed by atoms with Crippen LogP contribution in [0.15, 0.2) is 48.5 Å². The predicted octanol–water partition coefficient (Wildman–Crippen LogP) is 3.28. The lowest BCUT2D eigenvalue weighted by Gasteiger charge is -2.27. The Labute approximate surface area is 233 Å². The van der Waals surface area contributed by atoms with E-state index in [0.717, 1.165) is 10.5 Å². The number of hydrogen-bond acceptors (Lipinski definition) is 7. The van der Waals surface area contributed by atoms with Crippen LogP contribution in [0.4, 0.5) is 24.5 Å². The molecule has 0 saturated heterocycles. The van der Waals surface area contributed by atoms with Crippen molar-refractivity contribution in [3.63, 3.8) is 0 Å². The lowest BCUT2D eigenvalue weighted by molar-refractivity contribution is -0.202. The Morgan fingerprint density at radius 2 is 1.85 bits per heavy atom. The van der Waals surface area contributed by atoms with E-state index < -0.39 is 48.9 Å². The minimum atomic E-state index is -5.35. The van der Waals surface area contributed by atoms with Gasteiger partial charge in [-0.05, 0) is 56.0 Å². The number of nitrogens with zero attached hydrogens (tertiary/aromatic N) is 2. The Bertz CT molecular complexity index is 1290. The van der Waals surface area contributed by atoms with Gasteiger partial charge in [-0.2, -0.15) is 25.8 Å². The first kappa shape index (κ1) is 30.5. The fourth-order valence-electron chi connectivity index (χ4n) is 4.20. The van der Waals surface area contributed by atoms with Crippen LogP contribution in [0.5, 0.6) is 0 Å². The number of alkyl halides is 3. The van der Waals surface area contributed by atoms with Crippen LogP contribution in [-0.2, 0) is 25.5 Å². The monoisotopic (exact) mass is 579 g/mol. The van der Waals surface area contributed by atoms with Gasteiger partial charge in [-0.1, -0.05) is 24.3 Å². The standard InChI is InChI=1S/C26H28F3N5O5S/c1-15(12-22(36)39-24(38)26(27,28)29)33-14-21(35)34(17-7-3-2-4-8-17)19-11-10-16(13-18(19)23(33)37)6-5-9-20(40)32-25(30)31/h2-4,7-8,10-11,13,15,20,40H,5-6,9,12,14H2,1H3,(H4,30,31,32). The maximum absolute atomic E-state index is 13.7. The minimum Gasteiger partial charge on any atom is -0.386 e. The van der Waals surface area contributed by atoms with Gasteiger partial charge in [0.2, 0.25) is 0 Å². The number of carbonyl (C=O) groups is 4. The molecule has 0 spiro atoms. The number of fused-ring (bicyclic) bond motifs is 1. The molecule has 2 atom stereocenters. The molecule has 2 unspecified atom stereocenters. The molecule has 2 aromatic carbocycles. The molecule has 0 aromatic heterocycles. The number of nitrogens with two attached hydrogens (primary N) is 1. The molecule has 40 heavy (non-hydrogen) atoms. The largest absolute Gasteiger partial charge is 0.491 e. The number of thiol groups is 1. The predicted molar refractivity (Wildman–Crippen MR) is 143 cm³/mol. The summed E-state index contributed by atoms with van der Waals surface area (Å²) in [5, 5.41) is 9.62. The number of amides is 2. The van der Waals surface area contributed by atoms with E-state index in [1.54, 1.807) is 48.5 Å². The van der Waals surface area contributed by atoms with Crippen LogP contribution in [0.2, 0.25) is 0 Å². The Kier molecular flexibility index (Phi) is 9.79. The molecule has 3 rings (SSSR count). The second kappa shape index (κ2) is 12.9. The normalized spacial score (nSPS) is 15.1. The van der Waals surface area contributed by atoms with E-state index in [4.69, 9.17) is 11.1 Å². The molecule has 10 nitrogen and oxygen atoms in total. The average Bonchev–Trinajstić information content (AvgIpc) is 2.97. The third kappa shape index (κ3) is 7.74. The van der Waals surface area contributed by atoms with Crippen LogP contribution < -0.4 is 16.0 Å². The van der Waals surface area contributed by atoms with Gasteiger partial charge in [0.15, 0.2) is 5.96 Å². The molecule has 0 aliphatic carbocycles. The van der Waals surface area contributed by atoms with E-state index in [1.807, 2.05) is 0 Å². The number of rotatable bonds is 9. The van der Waals surface area contributed by atoms with E-state index in [9.17, 15) is 32.3 Å². The molecule has 4 N–H and O–H groups in total. The highest BCUT2D eigenvalue weighted by Gasteiger charge is 2.43. The lowest BCUT2D eigenvalue weighted by atomic mass is 10.0. The van der Waals surface area contributed by atoms with E-state index in [1.165, 1.54) is 11.8 Å². The van der Waals surface area contributed by atoms with Crippen molar-refractivity contribution in [3.05, 3.63) is 59.7 Å². The van der Waals surface area contributed by atoms with Gasteiger partial charge in [0.1, 0.15) is 6.54 Å². The second-order valence-electron chi connectivity index (χ2n) is 9.13. The van der Waals surface area contributed by atoms with Crippen LogP contribution in [0, 0.1) is 5.41 Å². The second-order valence-corrected chi connectivity index (χ2v) is 9.75. The summed E-state index contributed by atoms with van der Waals surface area (Å²) in [6.45, 7) is 0.901. The third-order valence-electron chi connectivity index (χ3n) is 6.06. The summed E-state index contributed by atoms with van der Waals surface area (Å²) in [5.74, 6) is -5.46. The molecule has 1 aliphatic heterocycles. The topological polar surface area (TPSA) is 146 Å². The van der Waals surface area contributed by atoms with Crippen LogP contribution in [0.1, 0.15) is 42.1 Å². The van der Waals surface area contributed by atoms with Crippen molar-refractivity contribution in [2.24, 2.45) is 5.73 Å². The van der Waals surface area contributed by atoms with Crippen molar-refractivity contribution < 1.29 is 37.1 Å². The Hall–Kier alpha value is -4.07. The zero-order chi connectivity index (χ0) is 29.6. The Morgan fingerprint density at radius 1 is 1.18 bits per heavy atom. The van der Waals surface area contributed by atoms with Crippen molar-refractivity contribution in [3.8, 4) is 0 Å². The van der Waals surface area contributed by atoms with Crippen LogP contribution in [0.25, 0.3) is 0 Å². The minimum absolute atomic E-state index is 0.156. The van der Waals surface area contributed by atoms with E-state index >= 15 is 0 Å². The number of anilines is 2. The van der Waals surface area contributed by atoms with Crippen molar-refractivity contribution in [2.45, 2.75) is 50.2 Å². The van der Waals surface area contributed by atoms with Crippen LogP contribution in [0.3, 0.4) is 0 Å². The molecule has 1 aliphatic rings. The summed E-state index contributed by atoms with van der Waals surface area (Å²) < 4.78 is 41.4. The summed E-state index contributed by atoms with van der Waals surface area (Å²) in [5.41, 5.74) is 7.04. The van der Waals surface area contributed by atoms with Gasteiger partial charge in [0.05, 0.1) is 23.0 Å². The number of hydrogen-bond donors (Lipinski definition) is 4. The number of ether oxygens (including phenoxy) is 1. The van der Waals surface area contributed by atoms with Crippen molar-refractivity contribution in [2.75, 3.05) is 11.4 Å². The molecule has 14 heteroatoms. The zero-order valence-electron chi connectivity index (χ0n) is 21.4. The third-order valence-corrected chi connectivity index (χ3v) is 6.45. The van der Waals surface area contributed by atoms with Gasteiger partial charge >= 0.3 is 18.1 Å². The zero-order valence-corrected chi connectivity index (χ0v) is 22.3. The van der Waals surface area contributed by atoms with Crippen LogP contribution >= 0.6 is 12.6 Å². The van der Waals surface area contributed by atoms with Gasteiger partial charge in [-0.3, -0.25) is 24.7 Å². The Balaban J connectivity index is 1.89. The van der Waals surface area contributed by atoms with Crippen molar-refractivity contribution in [1.29, 1.82) is 5.41 Å².